The lowest BCUT2D eigenvalue weighted by Gasteiger charge is -2.26. The van der Waals surface area contributed by atoms with Crippen molar-refractivity contribution in [3.63, 3.8) is 0 Å². The molecule has 0 aliphatic carbocycles. The number of carbonyl (C=O) groups excluding carboxylic acids is 2. The van der Waals surface area contributed by atoms with E-state index < -0.39 is 15.9 Å². The molecule has 0 unspecified atom stereocenters. The third kappa shape index (κ3) is 7.45. The molecule has 0 bridgehead atoms. The van der Waals surface area contributed by atoms with Crippen molar-refractivity contribution in [1.29, 1.82) is 0 Å². The van der Waals surface area contributed by atoms with Crippen LogP contribution in [0.5, 0.6) is 5.75 Å². The molecule has 1 fully saturated rings. The molecule has 10 nitrogen and oxygen atoms in total. The van der Waals surface area contributed by atoms with Crippen molar-refractivity contribution in [3.05, 3.63) is 54.1 Å². The van der Waals surface area contributed by atoms with Gasteiger partial charge in [0.15, 0.2) is 0 Å². The number of benzene rings is 2. The number of hydrogen-bond donors (Lipinski definition) is 3. The highest BCUT2D eigenvalue weighted by atomic mass is 32.2. The van der Waals surface area contributed by atoms with Gasteiger partial charge in [-0.25, -0.2) is 8.42 Å². The van der Waals surface area contributed by atoms with Crippen LogP contribution in [0, 0.1) is 0 Å². The molecule has 11 heteroatoms. The molecule has 33 heavy (non-hydrogen) atoms. The Balaban J connectivity index is 1.44. The molecule has 3 N–H and O–H groups in total. The lowest BCUT2D eigenvalue weighted by molar-refractivity contribution is -0.120. The van der Waals surface area contributed by atoms with Crippen molar-refractivity contribution in [2.75, 3.05) is 57.8 Å². The van der Waals surface area contributed by atoms with Crippen LogP contribution in [0.4, 0.5) is 5.69 Å². The second-order valence-electron chi connectivity index (χ2n) is 7.35. The monoisotopic (exact) mass is 476 g/mol. The zero-order valence-corrected chi connectivity index (χ0v) is 19.2. The van der Waals surface area contributed by atoms with E-state index in [0.29, 0.717) is 36.8 Å². The van der Waals surface area contributed by atoms with Gasteiger partial charge in [0.2, 0.25) is 5.91 Å². The highest BCUT2D eigenvalue weighted by Gasteiger charge is 2.15. The first-order valence-corrected chi connectivity index (χ1v) is 12.0. The Hall–Kier alpha value is -3.15. The maximum absolute atomic E-state index is 12.5. The van der Waals surface area contributed by atoms with E-state index in [1.807, 2.05) is 0 Å². The van der Waals surface area contributed by atoms with Crippen LogP contribution in [0.15, 0.2) is 53.4 Å². The first-order valence-electron chi connectivity index (χ1n) is 10.5. The van der Waals surface area contributed by atoms with E-state index in [9.17, 15) is 18.0 Å². The van der Waals surface area contributed by atoms with Gasteiger partial charge in [0.25, 0.3) is 15.9 Å². The summed E-state index contributed by atoms with van der Waals surface area (Å²) in [6, 6.07) is 11.9. The third-order valence-electron chi connectivity index (χ3n) is 5.03. The van der Waals surface area contributed by atoms with Crippen LogP contribution in [0.1, 0.15) is 10.4 Å². The van der Waals surface area contributed by atoms with E-state index in [1.165, 1.54) is 43.5 Å². The normalized spacial score (nSPS) is 14.3. The number of rotatable bonds is 10. The van der Waals surface area contributed by atoms with Crippen LogP contribution in [0.2, 0.25) is 0 Å². The topological polar surface area (TPSA) is 126 Å². The fourth-order valence-corrected chi connectivity index (χ4v) is 4.22. The average molecular weight is 477 g/mol. The Morgan fingerprint density at radius 3 is 2.30 bits per heavy atom. The van der Waals surface area contributed by atoms with Crippen molar-refractivity contribution in [3.8, 4) is 5.75 Å². The molecule has 0 spiro atoms. The molecule has 1 saturated heterocycles. The van der Waals surface area contributed by atoms with Crippen molar-refractivity contribution in [1.82, 2.24) is 15.5 Å². The predicted octanol–water partition coefficient (Wildman–Crippen LogP) is 0.674. The third-order valence-corrected chi connectivity index (χ3v) is 6.43. The Morgan fingerprint density at radius 1 is 1.00 bits per heavy atom. The molecule has 1 aliphatic rings. The van der Waals surface area contributed by atoms with Crippen molar-refractivity contribution in [2.24, 2.45) is 0 Å². The quantitative estimate of drug-likeness (QED) is 0.460. The van der Waals surface area contributed by atoms with Crippen LogP contribution < -0.4 is 20.1 Å². The summed E-state index contributed by atoms with van der Waals surface area (Å²) in [5, 5.41) is 5.33. The van der Waals surface area contributed by atoms with Crippen molar-refractivity contribution < 1.29 is 27.5 Å². The summed E-state index contributed by atoms with van der Waals surface area (Å²) < 4.78 is 37.8. The number of amides is 2. The number of carbonyl (C=O) groups is 2. The van der Waals surface area contributed by atoms with Crippen LogP contribution in [0.25, 0.3) is 0 Å². The van der Waals surface area contributed by atoms with Gasteiger partial charge < -0.3 is 20.1 Å². The van der Waals surface area contributed by atoms with E-state index in [4.69, 9.17) is 9.47 Å². The van der Waals surface area contributed by atoms with Crippen LogP contribution in [-0.4, -0.2) is 78.2 Å². The molecule has 0 atom stereocenters. The molecule has 0 radical (unpaired) electrons. The molecule has 1 heterocycles. The molecule has 2 aromatic rings. The van der Waals surface area contributed by atoms with Gasteiger partial charge >= 0.3 is 0 Å². The number of morpholine rings is 1. The number of nitrogens with one attached hydrogen (secondary N) is 3. The van der Waals surface area contributed by atoms with Crippen molar-refractivity contribution in [2.45, 2.75) is 4.90 Å². The molecule has 0 aromatic heterocycles. The van der Waals surface area contributed by atoms with Gasteiger partial charge in [0.1, 0.15) is 5.75 Å². The smallest absolute Gasteiger partial charge is 0.261 e. The lowest BCUT2D eigenvalue weighted by Crippen LogP contribution is -2.43. The molecule has 0 saturated carbocycles. The second-order valence-corrected chi connectivity index (χ2v) is 9.03. The Kier molecular flexibility index (Phi) is 8.64. The lowest BCUT2D eigenvalue weighted by atomic mass is 10.2. The summed E-state index contributed by atoms with van der Waals surface area (Å²) in [7, 11) is -2.28. The Labute approximate surface area is 193 Å². The number of anilines is 1. The predicted molar refractivity (Wildman–Crippen MR) is 123 cm³/mol. The van der Waals surface area contributed by atoms with E-state index in [0.717, 1.165) is 19.6 Å². The van der Waals surface area contributed by atoms with E-state index >= 15 is 0 Å². The summed E-state index contributed by atoms with van der Waals surface area (Å²) >= 11 is 0. The van der Waals surface area contributed by atoms with Gasteiger partial charge in [-0.3, -0.25) is 19.2 Å². The maximum atomic E-state index is 12.5. The highest BCUT2D eigenvalue weighted by Crippen LogP contribution is 2.19. The molecule has 2 amide bonds. The Bertz CT molecular complexity index is 1040. The number of ether oxygens (including phenoxy) is 2. The average Bonchev–Trinajstić information content (AvgIpc) is 2.83. The number of methoxy groups -OCH3 is 1. The summed E-state index contributed by atoms with van der Waals surface area (Å²) in [4.78, 5) is 26.5. The van der Waals surface area contributed by atoms with Crippen LogP contribution >= 0.6 is 0 Å². The minimum Gasteiger partial charge on any atom is -0.497 e. The zero-order valence-electron chi connectivity index (χ0n) is 18.4. The van der Waals surface area contributed by atoms with Crippen LogP contribution in [0.3, 0.4) is 0 Å². The zero-order chi connectivity index (χ0) is 23.7. The minimum atomic E-state index is -3.78. The van der Waals surface area contributed by atoms with E-state index in [-0.39, 0.29) is 17.3 Å². The fourth-order valence-electron chi connectivity index (χ4n) is 3.16. The van der Waals surface area contributed by atoms with E-state index in [1.54, 1.807) is 12.1 Å². The molecule has 3 rings (SSSR count). The molecular weight excluding hydrogens is 448 g/mol. The summed E-state index contributed by atoms with van der Waals surface area (Å²) in [6.45, 7) is 4.18. The van der Waals surface area contributed by atoms with Crippen molar-refractivity contribution >= 4 is 27.5 Å². The van der Waals surface area contributed by atoms with Crippen LogP contribution in [-0.2, 0) is 19.6 Å². The van der Waals surface area contributed by atoms with Gasteiger partial charge in [-0.15, -0.1) is 0 Å². The van der Waals surface area contributed by atoms with Gasteiger partial charge in [-0.2, -0.15) is 0 Å². The van der Waals surface area contributed by atoms with Gasteiger partial charge in [0, 0.05) is 37.4 Å². The molecule has 2 aromatic carbocycles. The Morgan fingerprint density at radius 2 is 1.67 bits per heavy atom. The highest BCUT2D eigenvalue weighted by molar-refractivity contribution is 7.92. The summed E-state index contributed by atoms with van der Waals surface area (Å²) in [6.07, 6.45) is 0. The summed E-state index contributed by atoms with van der Waals surface area (Å²) in [5.41, 5.74) is 0.617. The standard InChI is InChI=1S/C22H28N4O6S/c1-31-19-6-8-20(9-7-19)33(29,30)25-18-4-2-17(3-5-18)22(28)24-16-21(27)23-10-11-26-12-14-32-15-13-26/h2-9,25H,10-16H2,1H3,(H,23,27)(H,24,28). The maximum Gasteiger partial charge on any atom is 0.261 e. The number of nitrogens with zero attached hydrogens (tertiary/aromatic N) is 1. The SMILES string of the molecule is COc1ccc(S(=O)(=O)Nc2ccc(C(=O)NCC(=O)NCCN3CCOCC3)cc2)cc1. The number of hydrogen-bond acceptors (Lipinski definition) is 7. The van der Waals surface area contributed by atoms with Gasteiger partial charge in [-0.05, 0) is 48.5 Å². The first kappa shape index (κ1) is 24.5. The molecular formula is C22H28N4O6S. The van der Waals surface area contributed by atoms with Gasteiger partial charge in [-0.1, -0.05) is 0 Å². The van der Waals surface area contributed by atoms with E-state index in [2.05, 4.69) is 20.3 Å². The fraction of sp³-hybridized carbons (Fsp3) is 0.364. The minimum absolute atomic E-state index is 0.0877. The number of sulfonamides is 1. The molecule has 1 aliphatic heterocycles. The second kappa shape index (κ2) is 11.6. The first-order chi connectivity index (χ1) is 15.9. The largest absolute Gasteiger partial charge is 0.497 e. The molecule has 178 valence electrons. The van der Waals surface area contributed by atoms with Gasteiger partial charge in [0.05, 0.1) is 31.8 Å². The summed E-state index contributed by atoms with van der Waals surface area (Å²) in [5.74, 6) is -0.154.